The summed E-state index contributed by atoms with van der Waals surface area (Å²) in [6, 6.07) is 8.45. The van der Waals surface area contributed by atoms with Crippen LogP contribution in [0.2, 0.25) is 0 Å². The van der Waals surface area contributed by atoms with E-state index in [4.69, 9.17) is 0 Å². The average molecular weight is 279 g/mol. The van der Waals surface area contributed by atoms with Gasteiger partial charge in [-0.25, -0.2) is 0 Å². The predicted octanol–water partition coefficient (Wildman–Crippen LogP) is 3.18. The van der Waals surface area contributed by atoms with E-state index in [9.17, 15) is 0 Å². The lowest BCUT2D eigenvalue weighted by Crippen LogP contribution is -2.14. The Balaban J connectivity index is 2.21. The van der Waals surface area contributed by atoms with E-state index in [-0.39, 0.29) is 0 Å². The smallest absolute Gasteiger partial charge is 0.0481 e. The molecule has 2 aromatic rings. The monoisotopic (exact) mass is 278 g/mol. The van der Waals surface area contributed by atoms with E-state index in [0.29, 0.717) is 0 Å². The van der Waals surface area contributed by atoms with E-state index in [1.165, 1.54) is 16.5 Å². The van der Waals surface area contributed by atoms with Crippen molar-refractivity contribution in [2.24, 2.45) is 7.05 Å². The summed E-state index contributed by atoms with van der Waals surface area (Å²) in [5.41, 5.74) is 2.60. The largest absolute Gasteiger partial charge is 0.350 e. The van der Waals surface area contributed by atoms with E-state index in [1.807, 2.05) is 0 Å². The van der Waals surface area contributed by atoms with Crippen LogP contribution in [-0.2, 0) is 13.6 Å². The number of benzene rings is 1. The second kappa shape index (κ2) is 4.85. The Kier molecular flexibility index (Phi) is 3.46. The minimum atomic E-state index is 0.795. The minimum Gasteiger partial charge on any atom is -0.350 e. The van der Waals surface area contributed by atoms with Gasteiger partial charge in [0.2, 0.25) is 0 Å². The predicted molar refractivity (Wildman–Crippen MR) is 72.7 cm³/mol. The van der Waals surface area contributed by atoms with Crippen molar-refractivity contribution in [1.29, 1.82) is 0 Å². The van der Waals surface area contributed by atoms with E-state index in [2.05, 4.69) is 69.9 Å². The van der Waals surface area contributed by atoms with Crippen molar-refractivity contribution >= 4 is 26.8 Å². The lowest BCUT2D eigenvalue weighted by atomic mass is 10.2. The van der Waals surface area contributed by atoms with Gasteiger partial charge in [-0.1, -0.05) is 40.7 Å². The summed E-state index contributed by atoms with van der Waals surface area (Å²) in [5, 5.41) is 4.66. The van der Waals surface area contributed by atoms with Gasteiger partial charge in [-0.05, 0) is 11.6 Å². The molecular formula is C13H15BrN2. The third kappa shape index (κ3) is 2.36. The van der Waals surface area contributed by atoms with Crippen LogP contribution in [0.4, 0.5) is 0 Å². The maximum absolute atomic E-state index is 3.80. The summed E-state index contributed by atoms with van der Waals surface area (Å²) in [6.45, 7) is 5.46. The van der Waals surface area contributed by atoms with Crippen LogP contribution in [0, 0.1) is 0 Å². The molecule has 1 N–H and O–H groups in total. The third-order valence-corrected chi connectivity index (χ3v) is 2.89. The van der Waals surface area contributed by atoms with Gasteiger partial charge in [0, 0.05) is 41.7 Å². The number of nitrogens with one attached hydrogen (secondary N) is 1. The number of para-hydroxylation sites is 1. The summed E-state index contributed by atoms with van der Waals surface area (Å²) in [7, 11) is 2.08. The minimum absolute atomic E-state index is 0.795. The maximum Gasteiger partial charge on any atom is 0.0481 e. The van der Waals surface area contributed by atoms with Crippen molar-refractivity contribution in [3.8, 4) is 0 Å². The fraction of sp³-hybridized carbons (Fsp3) is 0.231. The number of fused-ring (bicyclic) bond motifs is 1. The molecule has 1 aromatic carbocycles. The zero-order valence-corrected chi connectivity index (χ0v) is 10.9. The first-order valence-electron chi connectivity index (χ1n) is 5.25. The highest BCUT2D eigenvalue weighted by atomic mass is 79.9. The Labute approximate surface area is 104 Å². The van der Waals surface area contributed by atoms with Gasteiger partial charge < -0.3 is 9.88 Å². The van der Waals surface area contributed by atoms with Gasteiger partial charge >= 0.3 is 0 Å². The molecule has 0 aliphatic heterocycles. The normalized spacial score (nSPS) is 10.9. The molecule has 16 heavy (non-hydrogen) atoms. The lowest BCUT2D eigenvalue weighted by molar-refractivity contribution is 0.757. The van der Waals surface area contributed by atoms with E-state index in [0.717, 1.165) is 17.6 Å². The van der Waals surface area contributed by atoms with Gasteiger partial charge in [-0.15, -0.1) is 0 Å². The van der Waals surface area contributed by atoms with Crippen molar-refractivity contribution in [2.75, 3.05) is 6.54 Å². The molecule has 3 heteroatoms. The Morgan fingerprint density at radius 2 is 2.19 bits per heavy atom. The fourth-order valence-electron chi connectivity index (χ4n) is 1.90. The fourth-order valence-corrected chi connectivity index (χ4v) is 2.10. The number of nitrogens with zero attached hydrogens (tertiary/aromatic N) is 1. The van der Waals surface area contributed by atoms with Crippen molar-refractivity contribution in [3.63, 3.8) is 0 Å². The van der Waals surface area contributed by atoms with Crippen molar-refractivity contribution < 1.29 is 0 Å². The van der Waals surface area contributed by atoms with E-state index >= 15 is 0 Å². The van der Waals surface area contributed by atoms with Gasteiger partial charge in [0.05, 0.1) is 0 Å². The molecule has 0 aliphatic carbocycles. The Bertz CT molecular complexity index is 514. The SMILES string of the molecule is C=C(Br)CNCc1cn(C)c2ccccc12. The molecule has 0 saturated carbocycles. The number of rotatable bonds is 4. The summed E-state index contributed by atoms with van der Waals surface area (Å²) < 4.78 is 3.14. The Morgan fingerprint density at radius 1 is 1.44 bits per heavy atom. The number of hydrogen-bond acceptors (Lipinski definition) is 1. The maximum atomic E-state index is 3.80. The summed E-state index contributed by atoms with van der Waals surface area (Å²) in [6.07, 6.45) is 2.18. The molecule has 0 amide bonds. The topological polar surface area (TPSA) is 17.0 Å². The van der Waals surface area contributed by atoms with Crippen LogP contribution in [0.1, 0.15) is 5.56 Å². The molecular weight excluding hydrogens is 264 g/mol. The molecule has 84 valence electrons. The molecule has 0 fully saturated rings. The molecule has 1 heterocycles. The summed E-state index contributed by atoms with van der Waals surface area (Å²) in [5.74, 6) is 0. The second-order valence-corrected chi connectivity index (χ2v) is 5.02. The quantitative estimate of drug-likeness (QED) is 0.909. The number of hydrogen-bond donors (Lipinski definition) is 1. The van der Waals surface area contributed by atoms with Crippen molar-refractivity contribution in [2.45, 2.75) is 6.54 Å². The van der Waals surface area contributed by atoms with E-state index < -0.39 is 0 Å². The Hall–Kier alpha value is -1.06. The highest BCUT2D eigenvalue weighted by Crippen LogP contribution is 2.19. The van der Waals surface area contributed by atoms with E-state index in [1.54, 1.807) is 0 Å². The molecule has 0 atom stereocenters. The first kappa shape index (κ1) is 11.4. The zero-order chi connectivity index (χ0) is 11.5. The molecule has 0 unspecified atom stereocenters. The molecule has 2 rings (SSSR count). The summed E-state index contributed by atoms with van der Waals surface area (Å²) in [4.78, 5) is 0. The van der Waals surface area contributed by atoms with Gasteiger partial charge in [0.1, 0.15) is 0 Å². The molecule has 1 aromatic heterocycles. The van der Waals surface area contributed by atoms with Crippen LogP contribution in [-0.4, -0.2) is 11.1 Å². The van der Waals surface area contributed by atoms with Crippen LogP contribution in [0.3, 0.4) is 0 Å². The molecule has 0 saturated heterocycles. The van der Waals surface area contributed by atoms with Crippen LogP contribution < -0.4 is 5.32 Å². The van der Waals surface area contributed by atoms with Crippen LogP contribution >= 0.6 is 15.9 Å². The van der Waals surface area contributed by atoms with Crippen molar-refractivity contribution in [3.05, 3.63) is 47.1 Å². The standard InChI is InChI=1S/C13H15BrN2/c1-10(14)7-15-8-11-9-16(2)13-6-4-3-5-12(11)13/h3-6,9,15H,1,7-8H2,2H3. The van der Waals surface area contributed by atoms with Crippen molar-refractivity contribution in [1.82, 2.24) is 9.88 Å². The van der Waals surface area contributed by atoms with Gasteiger partial charge in [0.25, 0.3) is 0 Å². The zero-order valence-electron chi connectivity index (χ0n) is 9.33. The summed E-state index contributed by atoms with van der Waals surface area (Å²) >= 11 is 3.34. The van der Waals surface area contributed by atoms with Gasteiger partial charge in [-0.2, -0.15) is 0 Å². The van der Waals surface area contributed by atoms with Gasteiger partial charge in [-0.3, -0.25) is 0 Å². The number of halogens is 1. The molecule has 2 nitrogen and oxygen atoms in total. The third-order valence-electron chi connectivity index (χ3n) is 2.61. The average Bonchev–Trinajstić information content (AvgIpc) is 2.57. The number of aryl methyl sites for hydroxylation is 1. The van der Waals surface area contributed by atoms with Gasteiger partial charge in [0.15, 0.2) is 0 Å². The highest BCUT2D eigenvalue weighted by molar-refractivity contribution is 9.11. The lowest BCUT2D eigenvalue weighted by Gasteiger charge is -2.01. The molecule has 0 spiro atoms. The first-order valence-corrected chi connectivity index (χ1v) is 6.04. The van der Waals surface area contributed by atoms with Crippen LogP contribution in [0.5, 0.6) is 0 Å². The second-order valence-electron chi connectivity index (χ2n) is 3.90. The van der Waals surface area contributed by atoms with Crippen LogP contribution in [0.25, 0.3) is 10.9 Å². The first-order chi connectivity index (χ1) is 7.68. The number of aromatic nitrogens is 1. The Morgan fingerprint density at radius 3 is 2.94 bits per heavy atom. The highest BCUT2D eigenvalue weighted by Gasteiger charge is 2.04. The molecule has 0 aliphatic rings. The molecule has 0 bridgehead atoms. The molecule has 0 radical (unpaired) electrons. The van der Waals surface area contributed by atoms with Crippen LogP contribution in [0.15, 0.2) is 41.5 Å².